The highest BCUT2D eigenvalue weighted by Crippen LogP contribution is 2.62. The zero-order valence-electron chi connectivity index (χ0n) is 20.2. The second kappa shape index (κ2) is 8.72. The molecular formula is C26H46I2N2. The molecule has 3 aliphatic carbocycles. The van der Waals surface area contributed by atoms with E-state index in [9.17, 15) is 0 Å². The Kier molecular flexibility index (Phi) is 7.48. The SMILES string of the molecule is C[C@]12CC[C@H]([N+]3(C)CCCC3)CC1=CC[C@@H]1[C@@H]2CC[C@@]2(C)[C@H]1CCC[N+]2(C)C.[I-].[I-]. The summed E-state index contributed by atoms with van der Waals surface area (Å²) in [5.41, 5.74) is 2.94. The van der Waals surface area contributed by atoms with Gasteiger partial charge in [0.1, 0.15) is 0 Å². The van der Waals surface area contributed by atoms with Crippen molar-refractivity contribution in [3.63, 3.8) is 0 Å². The molecule has 5 rings (SSSR count). The molecule has 6 atom stereocenters. The van der Waals surface area contributed by atoms with E-state index in [1.165, 1.54) is 92.8 Å². The number of nitrogens with zero attached hydrogens (tertiary/aromatic N) is 2. The Bertz CT molecular complexity index is 668. The molecule has 2 nitrogen and oxygen atoms in total. The van der Waals surface area contributed by atoms with Gasteiger partial charge in [-0.15, -0.1) is 0 Å². The summed E-state index contributed by atoms with van der Waals surface area (Å²) >= 11 is 0. The minimum Gasteiger partial charge on any atom is -1.00 e. The first-order valence-corrected chi connectivity index (χ1v) is 12.6. The number of allylic oxidation sites excluding steroid dienone is 1. The summed E-state index contributed by atoms with van der Waals surface area (Å²) in [6, 6.07) is 0.914. The molecule has 0 unspecified atom stereocenters. The molecule has 4 heteroatoms. The van der Waals surface area contributed by atoms with Crippen molar-refractivity contribution < 1.29 is 56.9 Å². The fraction of sp³-hybridized carbons (Fsp3) is 0.923. The lowest BCUT2D eigenvalue weighted by atomic mass is 9.47. The number of quaternary nitrogens is 2. The monoisotopic (exact) mass is 640 g/mol. The average Bonchev–Trinajstić information content (AvgIpc) is 3.09. The molecule has 4 fully saturated rings. The van der Waals surface area contributed by atoms with E-state index in [0.29, 0.717) is 11.0 Å². The number of fused-ring (bicyclic) bond motifs is 5. The first-order valence-electron chi connectivity index (χ1n) is 12.6. The van der Waals surface area contributed by atoms with Crippen molar-refractivity contribution in [2.45, 2.75) is 89.6 Å². The van der Waals surface area contributed by atoms with Crippen LogP contribution < -0.4 is 48.0 Å². The Hall–Kier alpha value is 1.12. The molecule has 0 N–H and O–H groups in total. The van der Waals surface area contributed by atoms with Gasteiger partial charge < -0.3 is 56.9 Å². The molecule has 0 spiro atoms. The van der Waals surface area contributed by atoms with Crippen LogP contribution in [0.1, 0.15) is 78.1 Å². The Balaban J connectivity index is 0.00000128. The number of hydrogen-bond acceptors (Lipinski definition) is 0. The Morgan fingerprint density at radius 3 is 2.23 bits per heavy atom. The maximum absolute atomic E-state index is 2.79. The van der Waals surface area contributed by atoms with E-state index < -0.39 is 0 Å². The molecule has 2 heterocycles. The third kappa shape index (κ3) is 3.68. The van der Waals surface area contributed by atoms with Gasteiger partial charge in [-0.3, -0.25) is 0 Å². The summed E-state index contributed by atoms with van der Waals surface area (Å²) in [5, 5.41) is 0. The molecule has 0 bridgehead atoms. The Morgan fingerprint density at radius 2 is 1.53 bits per heavy atom. The van der Waals surface area contributed by atoms with E-state index in [1.54, 1.807) is 0 Å². The fourth-order valence-electron chi connectivity index (χ4n) is 9.14. The van der Waals surface area contributed by atoms with Crippen molar-refractivity contribution in [3.8, 4) is 0 Å². The summed E-state index contributed by atoms with van der Waals surface area (Å²) in [4.78, 5) is 0. The van der Waals surface area contributed by atoms with Gasteiger partial charge in [-0.05, 0) is 56.3 Å². The van der Waals surface area contributed by atoms with Crippen molar-refractivity contribution in [3.05, 3.63) is 11.6 Å². The second-order valence-corrected chi connectivity index (χ2v) is 12.7. The molecule has 0 amide bonds. The minimum atomic E-state index is 0. The number of likely N-dealkylation sites (tertiary alicyclic amines) is 2. The van der Waals surface area contributed by atoms with E-state index >= 15 is 0 Å². The highest BCUT2D eigenvalue weighted by Gasteiger charge is 2.61. The summed E-state index contributed by atoms with van der Waals surface area (Å²) in [7, 11) is 7.63. The van der Waals surface area contributed by atoms with Gasteiger partial charge in [0.05, 0.1) is 52.4 Å². The lowest BCUT2D eigenvalue weighted by Gasteiger charge is -2.64. The molecule has 2 saturated carbocycles. The molecule has 0 aromatic rings. The van der Waals surface area contributed by atoms with Crippen LogP contribution in [0.15, 0.2) is 11.6 Å². The molecule has 2 aliphatic heterocycles. The topological polar surface area (TPSA) is 0 Å². The predicted molar refractivity (Wildman–Crippen MR) is 118 cm³/mol. The van der Waals surface area contributed by atoms with Crippen molar-refractivity contribution in [1.82, 2.24) is 0 Å². The minimum absolute atomic E-state index is 0. The van der Waals surface area contributed by atoms with Gasteiger partial charge in [0.25, 0.3) is 0 Å². The number of halogens is 2. The summed E-state index contributed by atoms with van der Waals surface area (Å²) in [6.07, 6.45) is 17.4. The van der Waals surface area contributed by atoms with Crippen LogP contribution in [0.25, 0.3) is 0 Å². The molecule has 0 aromatic heterocycles. The highest BCUT2D eigenvalue weighted by molar-refractivity contribution is 5.25. The number of hydrogen-bond donors (Lipinski definition) is 0. The average molecular weight is 640 g/mol. The molecule has 0 radical (unpaired) electrons. The lowest BCUT2D eigenvalue weighted by Crippen LogP contribution is -3.00. The van der Waals surface area contributed by atoms with Gasteiger partial charge in [-0.1, -0.05) is 18.6 Å². The van der Waals surface area contributed by atoms with E-state index in [0.717, 1.165) is 23.8 Å². The van der Waals surface area contributed by atoms with Crippen LogP contribution in [-0.2, 0) is 0 Å². The first-order chi connectivity index (χ1) is 13.2. The summed E-state index contributed by atoms with van der Waals surface area (Å²) in [6.45, 7) is 9.62. The summed E-state index contributed by atoms with van der Waals surface area (Å²) in [5.74, 6) is 2.87. The lowest BCUT2D eigenvalue weighted by molar-refractivity contribution is -0.952. The smallest absolute Gasteiger partial charge is 0.0991 e. The molecule has 5 aliphatic rings. The van der Waals surface area contributed by atoms with Gasteiger partial charge >= 0.3 is 0 Å². The van der Waals surface area contributed by atoms with Crippen LogP contribution in [0.2, 0.25) is 0 Å². The number of rotatable bonds is 1. The third-order valence-electron chi connectivity index (χ3n) is 11.5. The van der Waals surface area contributed by atoms with Gasteiger partial charge in [-0.25, -0.2) is 0 Å². The third-order valence-corrected chi connectivity index (χ3v) is 11.5. The van der Waals surface area contributed by atoms with Crippen LogP contribution >= 0.6 is 0 Å². The standard InChI is InChI=1S/C26H46N2.2HI/c1-25-14-12-21(28(5)17-6-7-18-28)19-20(25)10-11-22-23(25)13-15-26(2)24(22)9-8-16-27(26,3)4;;/h10,21-24H,6-9,11-19H2,1-5H3;2*1H/q+2;;/p-2/t21-,22+,23-,24-,25-,26-;;/m0../s1. The van der Waals surface area contributed by atoms with Crippen LogP contribution in [0.3, 0.4) is 0 Å². The van der Waals surface area contributed by atoms with E-state index in [-0.39, 0.29) is 48.0 Å². The second-order valence-electron chi connectivity index (χ2n) is 12.7. The molecule has 30 heavy (non-hydrogen) atoms. The van der Waals surface area contributed by atoms with Gasteiger partial charge in [0.15, 0.2) is 0 Å². The van der Waals surface area contributed by atoms with Crippen molar-refractivity contribution in [2.75, 3.05) is 40.8 Å². The quantitative estimate of drug-likeness (QED) is 0.204. The van der Waals surface area contributed by atoms with E-state index in [2.05, 4.69) is 41.1 Å². The zero-order chi connectivity index (χ0) is 19.8. The normalized spacial score (nSPS) is 46.2. The maximum Gasteiger partial charge on any atom is 0.0991 e. The van der Waals surface area contributed by atoms with Crippen LogP contribution in [-0.4, -0.2) is 61.3 Å². The van der Waals surface area contributed by atoms with Crippen LogP contribution in [0, 0.1) is 23.2 Å². The molecule has 0 aromatic carbocycles. The first kappa shape index (κ1) is 25.7. The van der Waals surface area contributed by atoms with E-state index in [1.807, 2.05) is 5.57 Å². The molecular weight excluding hydrogens is 594 g/mol. The van der Waals surface area contributed by atoms with Crippen molar-refractivity contribution in [2.24, 2.45) is 23.2 Å². The van der Waals surface area contributed by atoms with Crippen LogP contribution in [0.5, 0.6) is 0 Å². The molecule has 2 saturated heterocycles. The van der Waals surface area contributed by atoms with E-state index in [4.69, 9.17) is 0 Å². The largest absolute Gasteiger partial charge is 1.00 e. The van der Waals surface area contributed by atoms with Crippen molar-refractivity contribution in [1.29, 1.82) is 0 Å². The Morgan fingerprint density at radius 1 is 0.833 bits per heavy atom. The van der Waals surface area contributed by atoms with Gasteiger partial charge in [0, 0.05) is 38.0 Å². The maximum atomic E-state index is 2.79. The summed E-state index contributed by atoms with van der Waals surface area (Å²) < 4.78 is 2.65. The highest BCUT2D eigenvalue weighted by atomic mass is 127. The Labute approximate surface area is 220 Å². The van der Waals surface area contributed by atoms with Crippen molar-refractivity contribution >= 4 is 0 Å². The molecule has 174 valence electrons. The van der Waals surface area contributed by atoms with Crippen LogP contribution in [0.4, 0.5) is 0 Å². The van der Waals surface area contributed by atoms with Gasteiger partial charge in [0.2, 0.25) is 0 Å². The fourth-order valence-corrected chi connectivity index (χ4v) is 9.14. The zero-order valence-corrected chi connectivity index (χ0v) is 24.5. The number of piperidine rings is 1. The predicted octanol–water partition coefficient (Wildman–Crippen LogP) is -0.605. The van der Waals surface area contributed by atoms with Gasteiger partial charge in [-0.2, -0.15) is 0 Å².